The maximum absolute atomic E-state index is 13.6. The molecule has 3 aromatic carbocycles. The first-order valence-electron chi connectivity index (χ1n) is 16.8. The molecule has 0 unspecified atom stereocenters. The summed E-state index contributed by atoms with van der Waals surface area (Å²) in [6.07, 6.45) is 2.81. The second kappa shape index (κ2) is 14.8. The van der Waals surface area contributed by atoms with Crippen molar-refractivity contribution in [3.8, 4) is 28.3 Å². The second-order valence-electron chi connectivity index (χ2n) is 12.9. The van der Waals surface area contributed by atoms with Gasteiger partial charge in [-0.2, -0.15) is 0 Å². The molecule has 0 aliphatic carbocycles. The van der Waals surface area contributed by atoms with Gasteiger partial charge in [-0.1, -0.05) is 71.7 Å². The molecule has 3 aliphatic heterocycles. The number of fused-ring (bicyclic) bond motifs is 1. The van der Waals surface area contributed by atoms with Gasteiger partial charge >= 0.3 is 0 Å². The molecule has 2 atom stereocenters. The number of ether oxygens (including phenoxy) is 1. The first-order chi connectivity index (χ1) is 24.3. The lowest BCUT2D eigenvalue weighted by atomic mass is 10.00. The maximum atomic E-state index is 13.6. The average molecular weight is 714 g/mol. The number of carbonyl (C=O) groups is 3. The molecule has 2 fully saturated rings. The molecule has 12 heteroatoms. The summed E-state index contributed by atoms with van der Waals surface area (Å²) in [5, 5.41) is 13.7. The van der Waals surface area contributed by atoms with Gasteiger partial charge in [0.25, 0.3) is 5.91 Å². The quantitative estimate of drug-likeness (QED) is 0.150. The van der Waals surface area contributed by atoms with E-state index >= 15 is 0 Å². The van der Waals surface area contributed by atoms with Gasteiger partial charge < -0.3 is 30.9 Å². The fourth-order valence-corrected chi connectivity index (χ4v) is 7.57. The van der Waals surface area contributed by atoms with Crippen LogP contribution in [0.3, 0.4) is 0 Å². The van der Waals surface area contributed by atoms with Gasteiger partial charge in [-0.15, -0.1) is 0 Å². The van der Waals surface area contributed by atoms with Gasteiger partial charge in [0.05, 0.1) is 35.1 Å². The van der Waals surface area contributed by atoms with E-state index in [0.717, 1.165) is 40.7 Å². The van der Waals surface area contributed by atoms with Crippen molar-refractivity contribution in [2.75, 3.05) is 25.1 Å². The van der Waals surface area contributed by atoms with E-state index in [4.69, 9.17) is 32.9 Å². The van der Waals surface area contributed by atoms with Crippen molar-refractivity contribution in [2.45, 2.75) is 57.4 Å². The zero-order chi connectivity index (χ0) is 34.8. The minimum absolute atomic E-state index is 0.0924. The smallest absolute Gasteiger partial charge is 0.258 e. The third kappa shape index (κ3) is 7.07. The van der Waals surface area contributed by atoms with Gasteiger partial charge in [0.15, 0.2) is 0 Å². The number of pyridine rings is 1. The molecule has 0 bridgehead atoms. The van der Waals surface area contributed by atoms with Crippen LogP contribution in [0.15, 0.2) is 66.7 Å². The van der Waals surface area contributed by atoms with Crippen molar-refractivity contribution in [2.24, 2.45) is 0 Å². The Kier molecular flexibility index (Phi) is 10.1. The molecule has 10 nitrogen and oxygen atoms in total. The van der Waals surface area contributed by atoms with Crippen LogP contribution in [0.25, 0.3) is 22.4 Å². The van der Waals surface area contributed by atoms with Crippen molar-refractivity contribution < 1.29 is 19.1 Å². The molecule has 1 aromatic heterocycles. The van der Waals surface area contributed by atoms with E-state index in [1.807, 2.05) is 60.7 Å². The highest BCUT2D eigenvalue weighted by atomic mass is 35.5. The second-order valence-corrected chi connectivity index (χ2v) is 13.7. The highest BCUT2D eigenvalue weighted by molar-refractivity contribution is 6.39. The van der Waals surface area contributed by atoms with Gasteiger partial charge in [-0.3, -0.25) is 14.4 Å². The maximum Gasteiger partial charge on any atom is 0.258 e. The fourth-order valence-electron chi connectivity index (χ4n) is 6.92. The van der Waals surface area contributed by atoms with Crippen LogP contribution in [0.2, 0.25) is 10.0 Å². The van der Waals surface area contributed by atoms with E-state index in [1.54, 1.807) is 12.0 Å². The van der Waals surface area contributed by atoms with E-state index in [0.29, 0.717) is 84.0 Å². The summed E-state index contributed by atoms with van der Waals surface area (Å²) < 4.78 is 5.64. The van der Waals surface area contributed by atoms with Gasteiger partial charge in [0.1, 0.15) is 0 Å². The summed E-state index contributed by atoms with van der Waals surface area (Å²) >= 11 is 14.2. The summed E-state index contributed by atoms with van der Waals surface area (Å²) in [5.41, 5.74) is 6.96. The monoisotopic (exact) mass is 712 g/mol. The van der Waals surface area contributed by atoms with Gasteiger partial charge in [-0.05, 0) is 42.2 Å². The Labute approximate surface area is 300 Å². The van der Waals surface area contributed by atoms with Crippen molar-refractivity contribution in [1.82, 2.24) is 26.3 Å². The number of aromatic nitrogens is 1. The van der Waals surface area contributed by atoms with Gasteiger partial charge in [-0.25, -0.2) is 4.98 Å². The topological polar surface area (TPSA) is 125 Å². The third-order valence-electron chi connectivity index (χ3n) is 9.54. The number of methoxy groups -OCH3 is 1. The predicted octanol–water partition coefficient (Wildman–Crippen LogP) is 5.63. The standard InChI is InChI=1S/C38H38Cl2N6O4/c1-50-37-23(18-42-20-26-11-15-34(48)44-26)9-13-31(45-37)30-6-2-4-28(35(30)39)29-5-3-7-32(36(29)40)46-21-24-16-22(8-12-27(24)38(46)49)17-41-19-25-10-14-33(47)43-25/h2-9,12-13,16,25-26,41-42H,10-11,14-15,17-21H2,1H3,(H,43,47)(H,44,48)/t25-,26-/m1/s1. The number of nitrogens with zero attached hydrogens (tertiary/aromatic N) is 2. The number of anilines is 1. The molecule has 0 spiro atoms. The molecule has 7 rings (SSSR count). The Hall–Kier alpha value is -4.48. The number of rotatable bonds is 12. The first kappa shape index (κ1) is 34.0. The molecule has 3 aliphatic rings. The van der Waals surface area contributed by atoms with E-state index in [-0.39, 0.29) is 29.8 Å². The Bertz CT molecular complexity index is 1970. The molecular formula is C38H38Cl2N6O4. The zero-order valence-electron chi connectivity index (χ0n) is 27.7. The highest BCUT2D eigenvalue weighted by Gasteiger charge is 2.31. The van der Waals surface area contributed by atoms with E-state index in [2.05, 4.69) is 27.3 Å². The number of hydrogen-bond acceptors (Lipinski definition) is 7. The summed E-state index contributed by atoms with van der Waals surface area (Å²) in [7, 11) is 1.59. The van der Waals surface area contributed by atoms with Crippen LogP contribution in [0.1, 0.15) is 52.7 Å². The number of amides is 3. The van der Waals surface area contributed by atoms with Crippen LogP contribution >= 0.6 is 23.2 Å². The summed E-state index contributed by atoms with van der Waals surface area (Å²) in [5.74, 6) is 0.577. The molecule has 4 heterocycles. The number of halogens is 2. The Morgan fingerprint density at radius 1 is 0.800 bits per heavy atom. The SMILES string of the molecule is COc1nc(-c2cccc(-c3cccc(N4Cc5cc(CNC[C@H]6CCC(=O)N6)ccc5C4=O)c3Cl)c2Cl)ccc1CNC[C@H]1CCC(=O)N1. The minimum Gasteiger partial charge on any atom is -0.481 e. The molecule has 0 radical (unpaired) electrons. The molecule has 50 heavy (non-hydrogen) atoms. The normalized spacial score (nSPS) is 18.4. The molecule has 4 aromatic rings. The van der Waals surface area contributed by atoms with Crippen LogP contribution in [0.4, 0.5) is 5.69 Å². The van der Waals surface area contributed by atoms with Gasteiger partial charge in [0.2, 0.25) is 17.7 Å². The third-order valence-corrected chi connectivity index (χ3v) is 10.3. The minimum atomic E-state index is -0.106. The lowest BCUT2D eigenvalue weighted by Gasteiger charge is -2.20. The summed E-state index contributed by atoms with van der Waals surface area (Å²) in [4.78, 5) is 43.1. The molecule has 0 saturated carbocycles. The molecule has 4 N–H and O–H groups in total. The van der Waals surface area contributed by atoms with Crippen molar-refractivity contribution in [1.29, 1.82) is 0 Å². The fraction of sp³-hybridized carbons (Fsp3) is 0.316. The highest BCUT2D eigenvalue weighted by Crippen LogP contribution is 2.43. The van der Waals surface area contributed by atoms with Crippen molar-refractivity contribution in [3.05, 3.63) is 99.0 Å². The zero-order valence-corrected chi connectivity index (χ0v) is 29.2. The molecular weight excluding hydrogens is 675 g/mol. The van der Waals surface area contributed by atoms with E-state index < -0.39 is 0 Å². The van der Waals surface area contributed by atoms with E-state index in [1.165, 1.54) is 0 Å². The lowest BCUT2D eigenvalue weighted by Crippen LogP contribution is -2.35. The number of carbonyl (C=O) groups excluding carboxylic acids is 3. The van der Waals surface area contributed by atoms with Crippen LogP contribution < -0.4 is 30.9 Å². The molecule has 2 saturated heterocycles. The molecule has 258 valence electrons. The summed E-state index contributed by atoms with van der Waals surface area (Å²) in [6.45, 7) is 2.95. The predicted molar refractivity (Wildman–Crippen MR) is 194 cm³/mol. The van der Waals surface area contributed by atoms with Crippen molar-refractivity contribution in [3.63, 3.8) is 0 Å². The number of hydrogen-bond donors (Lipinski definition) is 4. The van der Waals surface area contributed by atoms with Crippen LogP contribution in [0, 0.1) is 0 Å². The Morgan fingerprint density at radius 3 is 2.14 bits per heavy atom. The summed E-state index contributed by atoms with van der Waals surface area (Å²) in [6, 6.07) is 21.4. The van der Waals surface area contributed by atoms with E-state index in [9.17, 15) is 14.4 Å². The van der Waals surface area contributed by atoms with Gasteiger partial charge in [0, 0.05) is 78.9 Å². The van der Waals surface area contributed by atoms with Crippen molar-refractivity contribution >= 4 is 46.6 Å². The number of benzene rings is 3. The van der Waals surface area contributed by atoms with Crippen LogP contribution in [-0.4, -0.2) is 55.0 Å². The van der Waals surface area contributed by atoms with Crippen LogP contribution in [0.5, 0.6) is 5.88 Å². The first-order valence-corrected chi connectivity index (χ1v) is 17.6. The Balaban J connectivity index is 1.07. The van der Waals surface area contributed by atoms with Crippen LogP contribution in [-0.2, 0) is 29.2 Å². The Morgan fingerprint density at radius 2 is 1.46 bits per heavy atom. The lowest BCUT2D eigenvalue weighted by molar-refractivity contribution is -0.120. The average Bonchev–Trinajstić information content (AvgIpc) is 3.83. The molecule has 3 amide bonds. The largest absolute Gasteiger partial charge is 0.481 e. The number of nitrogens with one attached hydrogen (secondary N) is 4.